The van der Waals surface area contributed by atoms with Gasteiger partial charge in [-0.1, -0.05) is 19.9 Å². The van der Waals surface area contributed by atoms with E-state index in [1.165, 1.54) is 17.7 Å². The summed E-state index contributed by atoms with van der Waals surface area (Å²) in [5, 5.41) is 4.32. The minimum Gasteiger partial charge on any atom is -0.497 e. The molecule has 3 atom stereocenters. The van der Waals surface area contributed by atoms with E-state index in [9.17, 15) is 0 Å². The largest absolute Gasteiger partial charge is 0.497 e. The Bertz CT molecular complexity index is 383. The summed E-state index contributed by atoms with van der Waals surface area (Å²) in [6.45, 7) is 5.64. The third kappa shape index (κ3) is 3.21. The van der Waals surface area contributed by atoms with Gasteiger partial charge in [-0.25, -0.2) is 0 Å². The van der Waals surface area contributed by atoms with E-state index >= 15 is 0 Å². The molecule has 18 heavy (non-hydrogen) atoms. The highest BCUT2D eigenvalue weighted by Crippen LogP contribution is 2.39. The minimum absolute atomic E-state index is 0.693. The van der Waals surface area contributed by atoms with Crippen molar-refractivity contribution in [1.82, 2.24) is 5.32 Å². The zero-order valence-corrected chi connectivity index (χ0v) is 12.3. The van der Waals surface area contributed by atoms with Gasteiger partial charge in [-0.2, -0.15) is 0 Å². The Morgan fingerprint density at radius 1 is 1.39 bits per heavy atom. The lowest BCUT2D eigenvalue weighted by molar-refractivity contribution is 0.413. The van der Waals surface area contributed by atoms with Gasteiger partial charge in [0, 0.05) is 16.2 Å². The van der Waals surface area contributed by atoms with Crippen LogP contribution in [0, 0.1) is 5.92 Å². The van der Waals surface area contributed by atoms with E-state index in [2.05, 4.69) is 37.4 Å². The number of hydrogen-bond acceptors (Lipinski definition) is 3. The highest BCUT2D eigenvalue weighted by Gasteiger charge is 2.32. The first-order valence-corrected chi connectivity index (χ1v) is 7.66. The van der Waals surface area contributed by atoms with E-state index in [1.54, 1.807) is 7.11 Å². The average molecular weight is 265 g/mol. The number of hydrogen-bond donors (Lipinski definition) is 1. The lowest BCUT2D eigenvalue weighted by Gasteiger charge is -2.21. The van der Waals surface area contributed by atoms with Gasteiger partial charge < -0.3 is 10.1 Å². The van der Waals surface area contributed by atoms with Crippen molar-refractivity contribution in [3.05, 3.63) is 24.3 Å². The van der Waals surface area contributed by atoms with Crippen LogP contribution < -0.4 is 10.1 Å². The normalized spacial score (nSPS) is 27.4. The highest BCUT2D eigenvalue weighted by molar-refractivity contribution is 8.00. The van der Waals surface area contributed by atoms with Gasteiger partial charge in [-0.05, 0) is 43.5 Å². The molecule has 1 N–H and O–H groups in total. The number of methoxy groups -OCH3 is 1. The summed E-state index contributed by atoms with van der Waals surface area (Å²) >= 11 is 2.00. The maximum absolute atomic E-state index is 5.28. The molecule has 2 nitrogen and oxygen atoms in total. The molecule has 1 aromatic carbocycles. The van der Waals surface area contributed by atoms with Crippen LogP contribution in [0.2, 0.25) is 0 Å². The van der Waals surface area contributed by atoms with Crippen molar-refractivity contribution in [1.29, 1.82) is 0 Å². The van der Waals surface area contributed by atoms with Crippen LogP contribution in [0.4, 0.5) is 0 Å². The van der Waals surface area contributed by atoms with Crippen LogP contribution in [0.3, 0.4) is 0 Å². The SMILES string of the molecule is CCNC1CCC(Sc2cccc(OC)c2)C1C. The van der Waals surface area contributed by atoms with E-state index in [0.29, 0.717) is 6.04 Å². The molecule has 0 aromatic heterocycles. The molecular formula is C15H23NOS. The topological polar surface area (TPSA) is 21.3 Å². The Morgan fingerprint density at radius 3 is 2.94 bits per heavy atom. The van der Waals surface area contributed by atoms with E-state index in [-0.39, 0.29) is 0 Å². The second-order valence-corrected chi connectivity index (χ2v) is 6.25. The molecule has 100 valence electrons. The van der Waals surface area contributed by atoms with Gasteiger partial charge in [0.15, 0.2) is 0 Å². The van der Waals surface area contributed by atoms with E-state index in [1.807, 2.05) is 17.8 Å². The lowest BCUT2D eigenvalue weighted by Crippen LogP contribution is -2.32. The van der Waals surface area contributed by atoms with Gasteiger partial charge in [0.1, 0.15) is 5.75 Å². The van der Waals surface area contributed by atoms with Gasteiger partial charge in [0.05, 0.1) is 7.11 Å². The average Bonchev–Trinajstić information content (AvgIpc) is 2.72. The van der Waals surface area contributed by atoms with Crippen molar-refractivity contribution in [2.75, 3.05) is 13.7 Å². The maximum atomic E-state index is 5.28. The fourth-order valence-electron chi connectivity index (χ4n) is 2.69. The van der Waals surface area contributed by atoms with Crippen LogP contribution in [0.1, 0.15) is 26.7 Å². The van der Waals surface area contributed by atoms with Crippen molar-refractivity contribution in [2.24, 2.45) is 5.92 Å². The molecule has 0 saturated heterocycles. The summed E-state index contributed by atoms with van der Waals surface area (Å²) in [5.74, 6) is 1.69. The van der Waals surface area contributed by atoms with E-state index in [0.717, 1.165) is 23.5 Å². The van der Waals surface area contributed by atoms with E-state index in [4.69, 9.17) is 4.74 Å². The van der Waals surface area contributed by atoms with Gasteiger partial charge in [-0.15, -0.1) is 11.8 Å². The molecule has 0 aliphatic heterocycles. The molecule has 0 spiro atoms. The van der Waals surface area contributed by atoms with Gasteiger partial charge in [0.25, 0.3) is 0 Å². The number of benzene rings is 1. The van der Waals surface area contributed by atoms with Crippen molar-refractivity contribution in [3.8, 4) is 5.75 Å². The predicted octanol–water partition coefficient (Wildman–Crippen LogP) is 3.56. The fourth-order valence-corrected chi connectivity index (χ4v) is 4.04. The van der Waals surface area contributed by atoms with Crippen molar-refractivity contribution < 1.29 is 4.74 Å². The Morgan fingerprint density at radius 2 is 2.22 bits per heavy atom. The molecule has 0 amide bonds. The Balaban J connectivity index is 1.97. The smallest absolute Gasteiger partial charge is 0.119 e. The molecule has 1 aromatic rings. The Hall–Kier alpha value is -0.670. The molecule has 0 bridgehead atoms. The van der Waals surface area contributed by atoms with Crippen LogP contribution in [-0.4, -0.2) is 24.9 Å². The second kappa shape index (κ2) is 6.48. The van der Waals surface area contributed by atoms with E-state index < -0.39 is 0 Å². The quantitative estimate of drug-likeness (QED) is 0.879. The molecule has 1 saturated carbocycles. The molecule has 0 radical (unpaired) electrons. The van der Waals surface area contributed by atoms with Crippen molar-refractivity contribution in [3.63, 3.8) is 0 Å². The number of rotatable bonds is 5. The van der Waals surface area contributed by atoms with Crippen molar-refractivity contribution >= 4 is 11.8 Å². The Kier molecular flexibility index (Phi) is 4.95. The summed E-state index contributed by atoms with van der Waals surface area (Å²) in [7, 11) is 1.73. The predicted molar refractivity (Wildman–Crippen MR) is 78.5 cm³/mol. The first-order valence-electron chi connectivity index (χ1n) is 6.78. The second-order valence-electron chi connectivity index (χ2n) is 4.94. The molecule has 2 rings (SSSR count). The molecule has 1 aliphatic carbocycles. The number of ether oxygens (including phenoxy) is 1. The minimum atomic E-state index is 0.693. The van der Waals surface area contributed by atoms with Crippen LogP contribution in [0.5, 0.6) is 5.75 Å². The monoisotopic (exact) mass is 265 g/mol. The first kappa shape index (κ1) is 13.8. The fraction of sp³-hybridized carbons (Fsp3) is 0.600. The standard InChI is InChI=1S/C15H23NOS/c1-4-16-14-8-9-15(11(14)2)18-13-7-5-6-12(10-13)17-3/h5-7,10-11,14-16H,4,8-9H2,1-3H3. The van der Waals surface area contributed by atoms with Crippen LogP contribution in [-0.2, 0) is 0 Å². The van der Waals surface area contributed by atoms with Gasteiger partial charge >= 0.3 is 0 Å². The molecule has 3 heteroatoms. The van der Waals surface area contributed by atoms with Gasteiger partial charge in [-0.3, -0.25) is 0 Å². The third-order valence-electron chi connectivity index (χ3n) is 3.78. The summed E-state index contributed by atoms with van der Waals surface area (Å²) in [6.07, 6.45) is 2.61. The van der Waals surface area contributed by atoms with Crippen LogP contribution in [0.25, 0.3) is 0 Å². The summed E-state index contributed by atoms with van der Waals surface area (Å²) < 4.78 is 5.28. The molecule has 1 aliphatic rings. The van der Waals surface area contributed by atoms with Crippen LogP contribution in [0.15, 0.2) is 29.2 Å². The summed E-state index contributed by atoms with van der Waals surface area (Å²) in [5.41, 5.74) is 0. The zero-order valence-electron chi connectivity index (χ0n) is 11.5. The Labute approximate surface area is 114 Å². The van der Waals surface area contributed by atoms with Gasteiger partial charge in [0.2, 0.25) is 0 Å². The highest BCUT2D eigenvalue weighted by atomic mass is 32.2. The molecular weight excluding hydrogens is 242 g/mol. The molecule has 3 unspecified atom stereocenters. The number of nitrogens with one attached hydrogen (secondary N) is 1. The first-order chi connectivity index (χ1) is 8.74. The van der Waals surface area contributed by atoms with Crippen molar-refractivity contribution in [2.45, 2.75) is 42.9 Å². The summed E-state index contributed by atoms with van der Waals surface area (Å²) in [6, 6.07) is 9.09. The maximum Gasteiger partial charge on any atom is 0.119 e. The summed E-state index contributed by atoms with van der Waals surface area (Å²) in [4.78, 5) is 1.32. The number of thioether (sulfide) groups is 1. The van der Waals surface area contributed by atoms with Crippen LogP contribution >= 0.6 is 11.8 Å². The molecule has 0 heterocycles. The third-order valence-corrected chi connectivity index (χ3v) is 5.27. The lowest BCUT2D eigenvalue weighted by atomic mass is 10.1. The zero-order chi connectivity index (χ0) is 13.0. The molecule has 1 fully saturated rings.